The Hall–Kier alpha value is -2.80. The van der Waals surface area contributed by atoms with Gasteiger partial charge in [-0.2, -0.15) is 10.2 Å². The molecule has 0 spiro atoms. The molecule has 1 aliphatic rings. The number of non-ortho nitro benzene ring substituents is 1. The van der Waals surface area contributed by atoms with Crippen molar-refractivity contribution in [2.24, 2.45) is 10.2 Å². The summed E-state index contributed by atoms with van der Waals surface area (Å²) in [5.74, 6) is 0. The first-order valence-electron chi connectivity index (χ1n) is 7.32. The van der Waals surface area contributed by atoms with E-state index in [0.29, 0.717) is 12.2 Å². The van der Waals surface area contributed by atoms with E-state index in [1.807, 2.05) is 18.2 Å². The lowest BCUT2D eigenvalue weighted by Crippen LogP contribution is -2.23. The monoisotopic (exact) mass is 312 g/mol. The van der Waals surface area contributed by atoms with Gasteiger partial charge in [0.05, 0.1) is 22.9 Å². The van der Waals surface area contributed by atoms with Gasteiger partial charge in [-0.25, -0.2) is 0 Å². The first-order chi connectivity index (χ1) is 11.2. The maximum absolute atomic E-state index is 10.6. The topological polar surface area (TPSA) is 91.3 Å². The Morgan fingerprint density at radius 3 is 2.52 bits per heavy atom. The zero-order valence-corrected chi connectivity index (χ0v) is 12.4. The number of azo groups is 1. The summed E-state index contributed by atoms with van der Waals surface area (Å²) in [5, 5.41) is 28.0. The summed E-state index contributed by atoms with van der Waals surface area (Å²) in [6, 6.07) is 11.8. The van der Waals surface area contributed by atoms with Crippen molar-refractivity contribution in [1.29, 1.82) is 0 Å². The molecule has 0 atom stereocenters. The Balaban J connectivity index is 1.74. The number of rotatable bonds is 5. The van der Waals surface area contributed by atoms with Gasteiger partial charge >= 0.3 is 0 Å². The molecule has 0 aliphatic carbocycles. The zero-order valence-electron chi connectivity index (χ0n) is 12.4. The summed E-state index contributed by atoms with van der Waals surface area (Å²) in [6.45, 7) is 1.68. The number of anilines is 1. The number of nitro groups is 1. The highest BCUT2D eigenvalue weighted by Gasteiger charge is 2.18. The normalized spacial score (nSPS) is 13.5. The highest BCUT2D eigenvalue weighted by molar-refractivity contribution is 5.62. The average Bonchev–Trinajstić information content (AvgIpc) is 2.96. The Bertz CT molecular complexity index is 743. The molecule has 7 nitrogen and oxygen atoms in total. The van der Waals surface area contributed by atoms with Crippen LogP contribution in [0.5, 0.6) is 0 Å². The van der Waals surface area contributed by atoms with Crippen LogP contribution in [0.2, 0.25) is 0 Å². The largest absolute Gasteiger partial charge is 0.395 e. The van der Waals surface area contributed by atoms with Gasteiger partial charge in [0.2, 0.25) is 0 Å². The van der Waals surface area contributed by atoms with Gasteiger partial charge in [-0.1, -0.05) is 0 Å². The Morgan fingerprint density at radius 1 is 1.13 bits per heavy atom. The Kier molecular flexibility index (Phi) is 4.29. The summed E-state index contributed by atoms with van der Waals surface area (Å²) >= 11 is 0. The molecule has 0 saturated heterocycles. The SMILES string of the molecule is O=[N+]([O-])c1ccc(N=Nc2ccc3c(c2)CCN3CCO)cc1. The van der Waals surface area contributed by atoms with Crippen molar-refractivity contribution in [3.8, 4) is 0 Å². The molecule has 118 valence electrons. The van der Waals surface area contributed by atoms with E-state index in [1.54, 1.807) is 12.1 Å². The van der Waals surface area contributed by atoms with Crippen molar-refractivity contribution in [3.05, 3.63) is 58.1 Å². The molecule has 23 heavy (non-hydrogen) atoms. The maximum atomic E-state index is 10.6. The zero-order chi connectivity index (χ0) is 16.2. The van der Waals surface area contributed by atoms with Gasteiger partial charge in [-0.3, -0.25) is 10.1 Å². The fourth-order valence-corrected chi connectivity index (χ4v) is 2.63. The number of hydrogen-bond donors (Lipinski definition) is 1. The third-order valence-electron chi connectivity index (χ3n) is 3.77. The molecular formula is C16H16N4O3. The maximum Gasteiger partial charge on any atom is 0.269 e. The molecule has 3 rings (SSSR count). The second-order valence-corrected chi connectivity index (χ2v) is 5.25. The van der Waals surface area contributed by atoms with Crippen LogP contribution in [-0.4, -0.2) is 29.7 Å². The number of hydrogen-bond acceptors (Lipinski definition) is 6. The molecule has 1 aliphatic heterocycles. The Labute approximate surface area is 133 Å². The molecular weight excluding hydrogens is 296 g/mol. The molecule has 0 fully saturated rings. The summed E-state index contributed by atoms with van der Waals surface area (Å²) in [4.78, 5) is 12.3. The van der Waals surface area contributed by atoms with Crippen LogP contribution in [-0.2, 0) is 6.42 Å². The fourth-order valence-electron chi connectivity index (χ4n) is 2.63. The first kappa shape index (κ1) is 15.1. The first-order valence-corrected chi connectivity index (χ1v) is 7.32. The summed E-state index contributed by atoms with van der Waals surface area (Å²) in [7, 11) is 0. The lowest BCUT2D eigenvalue weighted by atomic mass is 10.1. The van der Waals surface area contributed by atoms with Crippen LogP contribution in [0, 0.1) is 10.1 Å². The van der Waals surface area contributed by atoms with Crippen molar-refractivity contribution in [2.45, 2.75) is 6.42 Å². The quantitative estimate of drug-likeness (QED) is 0.520. The number of nitro benzene ring substituents is 1. The standard InChI is InChI=1S/C16H16N4O3/c21-10-9-19-8-7-12-11-14(3-6-16(12)19)18-17-13-1-4-15(5-2-13)20(22)23/h1-6,11,21H,7-10H2. The van der Waals surface area contributed by atoms with Crippen LogP contribution in [0.4, 0.5) is 22.7 Å². The molecule has 0 radical (unpaired) electrons. The third kappa shape index (κ3) is 3.35. The molecule has 0 aromatic heterocycles. The number of aliphatic hydroxyl groups is 1. The van der Waals surface area contributed by atoms with E-state index in [4.69, 9.17) is 5.11 Å². The highest BCUT2D eigenvalue weighted by atomic mass is 16.6. The molecule has 1 heterocycles. The average molecular weight is 312 g/mol. The van der Waals surface area contributed by atoms with E-state index in [-0.39, 0.29) is 12.3 Å². The van der Waals surface area contributed by atoms with E-state index >= 15 is 0 Å². The molecule has 0 bridgehead atoms. The van der Waals surface area contributed by atoms with Crippen molar-refractivity contribution in [1.82, 2.24) is 0 Å². The summed E-state index contributed by atoms with van der Waals surface area (Å²) in [6.07, 6.45) is 0.927. The van der Waals surface area contributed by atoms with Gasteiger partial charge in [0.1, 0.15) is 0 Å². The van der Waals surface area contributed by atoms with Crippen LogP contribution in [0.25, 0.3) is 0 Å². The predicted molar refractivity (Wildman–Crippen MR) is 86.7 cm³/mol. The van der Waals surface area contributed by atoms with Crippen LogP contribution < -0.4 is 4.90 Å². The lowest BCUT2D eigenvalue weighted by molar-refractivity contribution is -0.384. The molecule has 2 aromatic rings. The fraction of sp³-hybridized carbons (Fsp3) is 0.250. The minimum atomic E-state index is -0.445. The van der Waals surface area contributed by atoms with Gasteiger partial charge in [-0.15, -0.1) is 0 Å². The van der Waals surface area contributed by atoms with Gasteiger partial charge < -0.3 is 10.0 Å². The van der Waals surface area contributed by atoms with Crippen molar-refractivity contribution in [3.63, 3.8) is 0 Å². The van der Waals surface area contributed by atoms with E-state index < -0.39 is 4.92 Å². The lowest BCUT2D eigenvalue weighted by Gasteiger charge is -2.17. The van der Waals surface area contributed by atoms with Gasteiger partial charge in [0.25, 0.3) is 5.69 Å². The second-order valence-electron chi connectivity index (χ2n) is 5.25. The summed E-state index contributed by atoms with van der Waals surface area (Å²) in [5.41, 5.74) is 3.67. The molecule has 1 N–H and O–H groups in total. The van der Waals surface area contributed by atoms with Crippen LogP contribution >= 0.6 is 0 Å². The number of aliphatic hydroxyl groups excluding tert-OH is 1. The van der Waals surface area contributed by atoms with E-state index in [1.165, 1.54) is 17.7 Å². The number of β-amino-alcohol motifs (C(OH)–C–C–N with tert-alkyl or cyclic N) is 1. The van der Waals surface area contributed by atoms with E-state index in [2.05, 4.69) is 15.1 Å². The van der Waals surface area contributed by atoms with Crippen molar-refractivity contribution >= 4 is 22.7 Å². The van der Waals surface area contributed by atoms with E-state index in [9.17, 15) is 10.1 Å². The molecule has 0 saturated carbocycles. The molecule has 7 heteroatoms. The van der Waals surface area contributed by atoms with E-state index in [0.717, 1.165) is 24.3 Å². The third-order valence-corrected chi connectivity index (χ3v) is 3.77. The molecule has 0 unspecified atom stereocenters. The number of nitrogens with zero attached hydrogens (tertiary/aromatic N) is 4. The predicted octanol–water partition coefficient (Wildman–Crippen LogP) is 3.37. The summed E-state index contributed by atoms with van der Waals surface area (Å²) < 4.78 is 0. The minimum absolute atomic E-state index is 0.0328. The van der Waals surface area contributed by atoms with Gasteiger partial charge in [-0.05, 0) is 42.3 Å². The highest BCUT2D eigenvalue weighted by Crippen LogP contribution is 2.31. The molecule has 0 amide bonds. The Morgan fingerprint density at radius 2 is 1.83 bits per heavy atom. The van der Waals surface area contributed by atoms with Crippen molar-refractivity contribution in [2.75, 3.05) is 24.6 Å². The minimum Gasteiger partial charge on any atom is -0.395 e. The molecule has 2 aromatic carbocycles. The number of fused-ring (bicyclic) bond motifs is 1. The van der Waals surface area contributed by atoms with Crippen LogP contribution in [0.3, 0.4) is 0 Å². The van der Waals surface area contributed by atoms with Crippen molar-refractivity contribution < 1.29 is 10.0 Å². The van der Waals surface area contributed by atoms with Gasteiger partial charge in [0.15, 0.2) is 0 Å². The number of benzene rings is 2. The van der Waals surface area contributed by atoms with Crippen LogP contribution in [0.1, 0.15) is 5.56 Å². The van der Waals surface area contributed by atoms with Crippen LogP contribution in [0.15, 0.2) is 52.7 Å². The van der Waals surface area contributed by atoms with Gasteiger partial charge in [0, 0.05) is 30.9 Å². The smallest absolute Gasteiger partial charge is 0.269 e. The second kappa shape index (κ2) is 6.53.